The van der Waals surface area contributed by atoms with Crippen LogP contribution in [0, 0.1) is 0 Å². The summed E-state index contributed by atoms with van der Waals surface area (Å²) in [7, 11) is 3.27. The van der Waals surface area contributed by atoms with Gasteiger partial charge in [-0.25, -0.2) is 0 Å². The van der Waals surface area contributed by atoms with Crippen molar-refractivity contribution in [2.75, 3.05) is 26.1 Å². The fourth-order valence-electron chi connectivity index (χ4n) is 3.10. The predicted molar refractivity (Wildman–Crippen MR) is 114 cm³/mol. The highest BCUT2D eigenvalue weighted by atomic mass is 16.5. The first-order chi connectivity index (χ1) is 14.7. The van der Waals surface area contributed by atoms with Gasteiger partial charge in [0.15, 0.2) is 11.5 Å². The van der Waals surface area contributed by atoms with Gasteiger partial charge in [-0.1, -0.05) is 12.1 Å². The Morgan fingerprint density at radius 3 is 2.50 bits per heavy atom. The average molecular weight is 405 g/mol. The number of hydrogen-bond donors (Lipinski definition) is 1. The summed E-state index contributed by atoms with van der Waals surface area (Å²) in [5.74, 6) is 2.20. The smallest absolute Gasteiger partial charge is 0.200 e. The summed E-state index contributed by atoms with van der Waals surface area (Å²) in [6.45, 7) is 2.48. The SMILES string of the molecule is COc1ccc(-c2cc(NC(C)COc3ccccc3OC)c3nncn3n2)cc1. The molecular weight excluding hydrogens is 382 g/mol. The number of methoxy groups -OCH3 is 2. The molecule has 0 spiro atoms. The van der Waals surface area contributed by atoms with Crippen LogP contribution in [0.15, 0.2) is 60.9 Å². The number of aromatic nitrogens is 4. The molecule has 1 N–H and O–H groups in total. The van der Waals surface area contributed by atoms with E-state index in [4.69, 9.17) is 14.2 Å². The highest BCUT2D eigenvalue weighted by Crippen LogP contribution is 2.27. The van der Waals surface area contributed by atoms with Crippen LogP contribution in [-0.2, 0) is 0 Å². The second kappa shape index (κ2) is 8.69. The van der Waals surface area contributed by atoms with Gasteiger partial charge < -0.3 is 19.5 Å². The van der Waals surface area contributed by atoms with Crippen molar-refractivity contribution >= 4 is 11.3 Å². The van der Waals surface area contributed by atoms with E-state index in [0.717, 1.165) is 22.7 Å². The van der Waals surface area contributed by atoms with Crippen LogP contribution < -0.4 is 19.5 Å². The van der Waals surface area contributed by atoms with Gasteiger partial charge in [0.05, 0.1) is 31.6 Å². The molecule has 8 heteroatoms. The number of hydrogen-bond acceptors (Lipinski definition) is 7. The molecule has 0 bridgehead atoms. The monoisotopic (exact) mass is 405 g/mol. The van der Waals surface area contributed by atoms with Crippen LogP contribution >= 0.6 is 0 Å². The van der Waals surface area contributed by atoms with Crippen LogP contribution in [0.2, 0.25) is 0 Å². The van der Waals surface area contributed by atoms with Crippen molar-refractivity contribution in [3.8, 4) is 28.5 Å². The van der Waals surface area contributed by atoms with Gasteiger partial charge >= 0.3 is 0 Å². The molecule has 1 atom stereocenters. The molecule has 2 aromatic carbocycles. The van der Waals surface area contributed by atoms with Gasteiger partial charge in [0.2, 0.25) is 5.65 Å². The molecule has 2 heterocycles. The van der Waals surface area contributed by atoms with Gasteiger partial charge in [-0.3, -0.25) is 0 Å². The Kier molecular flexibility index (Phi) is 5.65. The number of ether oxygens (including phenoxy) is 3. The molecule has 0 saturated carbocycles. The first kappa shape index (κ1) is 19.5. The summed E-state index contributed by atoms with van der Waals surface area (Å²) in [5, 5.41) is 16.2. The van der Waals surface area contributed by atoms with Crippen molar-refractivity contribution in [3.63, 3.8) is 0 Å². The molecule has 2 aromatic heterocycles. The van der Waals surface area contributed by atoms with E-state index in [0.29, 0.717) is 23.8 Å². The lowest BCUT2D eigenvalue weighted by Gasteiger charge is -2.18. The summed E-state index contributed by atoms with van der Waals surface area (Å²) in [6, 6.07) is 17.3. The van der Waals surface area contributed by atoms with Crippen molar-refractivity contribution in [1.82, 2.24) is 19.8 Å². The molecule has 0 amide bonds. The number of rotatable bonds is 8. The normalized spacial score (nSPS) is 11.8. The summed E-state index contributed by atoms with van der Waals surface area (Å²) in [6.07, 6.45) is 1.59. The van der Waals surface area contributed by atoms with Crippen LogP contribution in [0.5, 0.6) is 17.2 Å². The van der Waals surface area contributed by atoms with Crippen molar-refractivity contribution in [1.29, 1.82) is 0 Å². The standard InChI is InChI=1S/C22H23N5O3/c1-15(13-30-21-7-5-4-6-20(21)29-3)24-19-12-18(26-27-14-23-25-22(19)27)16-8-10-17(28-2)11-9-16/h4-12,14-15,24H,13H2,1-3H3. The molecule has 0 saturated heterocycles. The molecule has 4 rings (SSSR count). The maximum atomic E-state index is 5.94. The lowest BCUT2D eigenvalue weighted by Crippen LogP contribution is -2.24. The Morgan fingerprint density at radius 2 is 1.77 bits per heavy atom. The van der Waals surface area contributed by atoms with Crippen molar-refractivity contribution in [2.45, 2.75) is 13.0 Å². The van der Waals surface area contributed by atoms with Gasteiger partial charge in [-0.2, -0.15) is 9.61 Å². The zero-order chi connectivity index (χ0) is 20.9. The van der Waals surface area contributed by atoms with Crippen molar-refractivity contribution < 1.29 is 14.2 Å². The number of benzene rings is 2. The van der Waals surface area contributed by atoms with Crippen molar-refractivity contribution in [3.05, 3.63) is 60.9 Å². The Balaban J connectivity index is 1.54. The summed E-state index contributed by atoms with van der Waals surface area (Å²) in [5.41, 5.74) is 3.23. The molecule has 0 fully saturated rings. The van der Waals surface area contributed by atoms with E-state index in [1.165, 1.54) is 0 Å². The third-order valence-electron chi connectivity index (χ3n) is 4.61. The van der Waals surface area contributed by atoms with Crippen molar-refractivity contribution in [2.24, 2.45) is 0 Å². The fourth-order valence-corrected chi connectivity index (χ4v) is 3.10. The van der Waals surface area contributed by atoms with Crippen LogP contribution in [0.25, 0.3) is 16.9 Å². The zero-order valence-corrected chi connectivity index (χ0v) is 17.1. The van der Waals surface area contributed by atoms with Gasteiger partial charge in [0.25, 0.3) is 0 Å². The van der Waals surface area contributed by atoms with E-state index in [-0.39, 0.29) is 6.04 Å². The maximum absolute atomic E-state index is 5.94. The molecule has 154 valence electrons. The molecule has 0 aliphatic carbocycles. The van der Waals surface area contributed by atoms with E-state index in [1.807, 2.05) is 61.5 Å². The van der Waals surface area contributed by atoms with E-state index in [9.17, 15) is 0 Å². The molecule has 30 heavy (non-hydrogen) atoms. The van der Waals surface area contributed by atoms with Crippen LogP contribution in [-0.4, -0.2) is 46.7 Å². The lowest BCUT2D eigenvalue weighted by atomic mass is 10.1. The molecule has 0 aliphatic heterocycles. The second-order valence-electron chi connectivity index (χ2n) is 6.78. The highest BCUT2D eigenvalue weighted by molar-refractivity contribution is 5.73. The molecule has 1 unspecified atom stereocenters. The second-order valence-corrected chi connectivity index (χ2v) is 6.78. The molecule has 0 radical (unpaired) electrons. The topological polar surface area (TPSA) is 82.8 Å². The fraction of sp³-hybridized carbons (Fsp3) is 0.227. The quantitative estimate of drug-likeness (QED) is 0.479. The predicted octanol–water partition coefficient (Wildman–Crippen LogP) is 3.69. The van der Waals surface area contributed by atoms with E-state index < -0.39 is 0 Å². The van der Waals surface area contributed by atoms with Crippen LogP contribution in [0.1, 0.15) is 6.92 Å². The van der Waals surface area contributed by atoms with Crippen LogP contribution in [0.3, 0.4) is 0 Å². The number of anilines is 1. The Bertz CT molecular complexity index is 1130. The first-order valence-corrected chi connectivity index (χ1v) is 9.56. The first-order valence-electron chi connectivity index (χ1n) is 9.56. The number of nitrogens with one attached hydrogen (secondary N) is 1. The largest absolute Gasteiger partial charge is 0.497 e. The minimum absolute atomic E-state index is 0.00142. The average Bonchev–Trinajstić information content (AvgIpc) is 3.27. The van der Waals surface area contributed by atoms with Crippen LogP contribution in [0.4, 0.5) is 5.69 Å². The molecule has 8 nitrogen and oxygen atoms in total. The van der Waals surface area contributed by atoms with Gasteiger partial charge in [-0.15, -0.1) is 10.2 Å². The summed E-state index contributed by atoms with van der Waals surface area (Å²) >= 11 is 0. The minimum atomic E-state index is 0.00142. The maximum Gasteiger partial charge on any atom is 0.200 e. The third kappa shape index (κ3) is 4.12. The van der Waals surface area contributed by atoms with Gasteiger partial charge in [-0.05, 0) is 49.4 Å². The number of fused-ring (bicyclic) bond motifs is 1. The third-order valence-corrected chi connectivity index (χ3v) is 4.61. The van der Waals surface area contributed by atoms with Gasteiger partial charge in [0.1, 0.15) is 18.7 Å². The van der Waals surface area contributed by atoms with E-state index >= 15 is 0 Å². The summed E-state index contributed by atoms with van der Waals surface area (Å²) < 4.78 is 18.2. The minimum Gasteiger partial charge on any atom is -0.497 e. The van der Waals surface area contributed by atoms with E-state index in [1.54, 1.807) is 25.1 Å². The number of para-hydroxylation sites is 2. The van der Waals surface area contributed by atoms with E-state index in [2.05, 4.69) is 20.6 Å². The zero-order valence-electron chi connectivity index (χ0n) is 17.1. The Hall–Kier alpha value is -3.81. The molecule has 4 aromatic rings. The summed E-state index contributed by atoms with van der Waals surface area (Å²) in [4.78, 5) is 0. The highest BCUT2D eigenvalue weighted by Gasteiger charge is 2.13. The Morgan fingerprint density at radius 1 is 1.00 bits per heavy atom. The lowest BCUT2D eigenvalue weighted by molar-refractivity contribution is 0.284. The van der Waals surface area contributed by atoms with Gasteiger partial charge in [0, 0.05) is 5.56 Å². The molecule has 0 aliphatic rings. The molecular formula is C22H23N5O3. The number of nitrogens with zero attached hydrogens (tertiary/aromatic N) is 4. The Labute approximate surface area is 174 Å².